The molecule has 3 N–H and O–H groups in total. The van der Waals surface area contributed by atoms with Gasteiger partial charge in [-0.25, -0.2) is 4.79 Å². The summed E-state index contributed by atoms with van der Waals surface area (Å²) in [6.45, 7) is 1.49. The number of hydrogen-bond donors (Lipinski definition) is 3. The van der Waals surface area contributed by atoms with Crippen LogP contribution in [0.2, 0.25) is 0 Å². The van der Waals surface area contributed by atoms with Crippen LogP contribution in [0.5, 0.6) is 0 Å². The van der Waals surface area contributed by atoms with Gasteiger partial charge in [0.25, 0.3) is 0 Å². The third-order valence-electron chi connectivity index (χ3n) is 5.67. The molecule has 0 radical (unpaired) electrons. The standard InChI is InChI=1S/C18H20N4O2/c23-15-6-8-22(18(24)21-15)17-12-9-14-10(4-2-7-19-14)11-3-1-5-13(20-17)16(11)12/h1,3,5,10,14,19-20H,2,4,6-9H2,(H,21,23,24)/t10?,14-/m1/s1. The number of nitrogens with one attached hydrogen (secondary N) is 3. The van der Waals surface area contributed by atoms with E-state index in [9.17, 15) is 9.59 Å². The minimum absolute atomic E-state index is 0.198. The fraction of sp³-hybridized carbons (Fsp3) is 0.444. The molecule has 1 aromatic carbocycles. The fourth-order valence-corrected chi connectivity index (χ4v) is 4.61. The second-order valence-electron chi connectivity index (χ2n) is 6.99. The summed E-state index contributed by atoms with van der Waals surface area (Å²) in [4.78, 5) is 28.9. The largest absolute Gasteiger partial charge is 0.341 e. The van der Waals surface area contributed by atoms with Crippen molar-refractivity contribution < 1.29 is 9.59 Å². The van der Waals surface area contributed by atoms with Gasteiger partial charge in [0, 0.05) is 41.4 Å². The van der Waals surface area contributed by atoms with Gasteiger partial charge in [-0.05, 0) is 37.4 Å². The number of fused-ring (bicyclic) bond motifs is 2. The highest BCUT2D eigenvalue weighted by molar-refractivity contribution is 6.07. The van der Waals surface area contributed by atoms with E-state index in [0.29, 0.717) is 24.9 Å². The van der Waals surface area contributed by atoms with Gasteiger partial charge >= 0.3 is 6.03 Å². The molecule has 124 valence electrons. The van der Waals surface area contributed by atoms with Crippen LogP contribution in [0.25, 0.3) is 10.9 Å². The van der Waals surface area contributed by atoms with Crippen molar-refractivity contribution in [3.8, 4) is 0 Å². The molecule has 24 heavy (non-hydrogen) atoms. The molecule has 2 saturated heterocycles. The number of carbonyl (C=O) groups excluding carboxylic acids is 2. The van der Waals surface area contributed by atoms with Gasteiger partial charge in [-0.2, -0.15) is 0 Å². The number of amides is 3. The molecule has 1 aliphatic carbocycles. The topological polar surface area (TPSA) is 77.2 Å². The number of hydrogen-bond acceptors (Lipinski definition) is 3. The summed E-state index contributed by atoms with van der Waals surface area (Å²) in [5.41, 5.74) is 3.69. The number of benzene rings is 1. The number of aromatic amines is 1. The van der Waals surface area contributed by atoms with Crippen molar-refractivity contribution in [2.24, 2.45) is 0 Å². The van der Waals surface area contributed by atoms with Crippen LogP contribution >= 0.6 is 0 Å². The van der Waals surface area contributed by atoms with Crippen LogP contribution in [0.15, 0.2) is 18.2 Å². The molecule has 6 nitrogen and oxygen atoms in total. The number of rotatable bonds is 1. The van der Waals surface area contributed by atoms with Crippen molar-refractivity contribution in [3.63, 3.8) is 0 Å². The predicted octanol–water partition coefficient (Wildman–Crippen LogP) is 2.01. The molecule has 2 atom stereocenters. The van der Waals surface area contributed by atoms with Gasteiger partial charge in [-0.1, -0.05) is 12.1 Å². The Bertz CT molecular complexity index is 856. The number of H-pyrrole nitrogens is 1. The predicted molar refractivity (Wildman–Crippen MR) is 91.3 cm³/mol. The number of piperidine rings is 1. The monoisotopic (exact) mass is 324 g/mol. The zero-order chi connectivity index (χ0) is 16.3. The molecule has 6 heteroatoms. The molecular weight excluding hydrogens is 304 g/mol. The van der Waals surface area contributed by atoms with Gasteiger partial charge in [-0.15, -0.1) is 0 Å². The number of imide groups is 1. The van der Waals surface area contributed by atoms with Gasteiger partial charge in [0.05, 0.1) is 0 Å². The van der Waals surface area contributed by atoms with Crippen molar-refractivity contribution >= 4 is 28.7 Å². The molecule has 0 saturated carbocycles. The van der Waals surface area contributed by atoms with Gasteiger partial charge in [-0.3, -0.25) is 15.0 Å². The zero-order valence-electron chi connectivity index (χ0n) is 13.4. The fourth-order valence-electron chi connectivity index (χ4n) is 4.61. The number of nitrogens with zero attached hydrogens (tertiary/aromatic N) is 1. The maximum absolute atomic E-state index is 12.3. The highest BCUT2D eigenvalue weighted by Crippen LogP contribution is 2.44. The minimum atomic E-state index is -0.325. The summed E-state index contributed by atoms with van der Waals surface area (Å²) in [6, 6.07) is 6.51. The van der Waals surface area contributed by atoms with Crippen LogP contribution in [0.1, 0.15) is 36.3 Å². The quantitative estimate of drug-likeness (QED) is 0.751. The SMILES string of the molecule is O=C1CCN(c2[nH]c3cccc4c3c2C[C@H]2NCCCC42)C(=O)N1. The lowest BCUT2D eigenvalue weighted by atomic mass is 9.76. The van der Waals surface area contributed by atoms with Crippen LogP contribution in [0.3, 0.4) is 0 Å². The van der Waals surface area contributed by atoms with Crippen molar-refractivity contribution in [2.75, 3.05) is 18.0 Å². The average Bonchev–Trinajstić information content (AvgIpc) is 2.95. The Morgan fingerprint density at radius 2 is 2.12 bits per heavy atom. The summed E-state index contributed by atoms with van der Waals surface area (Å²) in [6.07, 6.45) is 3.70. The molecule has 3 heterocycles. The molecule has 3 amide bonds. The van der Waals surface area contributed by atoms with E-state index in [1.54, 1.807) is 4.90 Å². The second-order valence-corrected chi connectivity index (χ2v) is 6.99. The van der Waals surface area contributed by atoms with Gasteiger partial charge in [0.1, 0.15) is 5.82 Å². The maximum Gasteiger partial charge on any atom is 0.329 e. The molecule has 1 aromatic heterocycles. The van der Waals surface area contributed by atoms with Crippen molar-refractivity contribution in [1.82, 2.24) is 15.6 Å². The molecule has 0 spiro atoms. The van der Waals surface area contributed by atoms with Gasteiger partial charge < -0.3 is 10.3 Å². The van der Waals surface area contributed by atoms with Gasteiger partial charge in [0.2, 0.25) is 5.91 Å². The minimum Gasteiger partial charge on any atom is -0.341 e. The molecule has 3 aliphatic rings. The van der Waals surface area contributed by atoms with Gasteiger partial charge in [0.15, 0.2) is 0 Å². The first-order valence-corrected chi connectivity index (χ1v) is 8.70. The zero-order valence-corrected chi connectivity index (χ0v) is 13.4. The summed E-state index contributed by atoms with van der Waals surface area (Å²) < 4.78 is 0. The number of anilines is 1. The molecule has 2 fully saturated rings. The highest BCUT2D eigenvalue weighted by Gasteiger charge is 2.36. The Morgan fingerprint density at radius 1 is 1.21 bits per heavy atom. The number of carbonyl (C=O) groups is 2. The molecular formula is C18H20N4O2. The van der Waals surface area contributed by atoms with E-state index >= 15 is 0 Å². The van der Waals surface area contributed by atoms with Crippen molar-refractivity contribution in [3.05, 3.63) is 29.3 Å². The summed E-state index contributed by atoms with van der Waals surface area (Å²) in [5.74, 6) is 1.21. The van der Waals surface area contributed by atoms with E-state index in [4.69, 9.17) is 0 Å². The van der Waals surface area contributed by atoms with E-state index in [1.807, 2.05) is 0 Å². The first-order valence-electron chi connectivity index (χ1n) is 8.70. The van der Waals surface area contributed by atoms with E-state index in [1.165, 1.54) is 29.4 Å². The normalized spacial score (nSPS) is 26.4. The first kappa shape index (κ1) is 14.0. The molecule has 2 aromatic rings. The summed E-state index contributed by atoms with van der Waals surface area (Å²) in [5, 5.41) is 7.36. The average molecular weight is 324 g/mol. The van der Waals surface area contributed by atoms with Crippen LogP contribution in [-0.2, 0) is 11.2 Å². The van der Waals surface area contributed by atoms with E-state index in [0.717, 1.165) is 24.3 Å². The Kier molecular flexibility index (Phi) is 2.97. The second kappa shape index (κ2) is 5.08. The number of aromatic nitrogens is 1. The van der Waals surface area contributed by atoms with E-state index in [-0.39, 0.29) is 11.9 Å². The Morgan fingerprint density at radius 3 is 3.00 bits per heavy atom. The molecule has 2 aliphatic heterocycles. The third-order valence-corrected chi connectivity index (χ3v) is 5.67. The highest BCUT2D eigenvalue weighted by atomic mass is 16.2. The van der Waals surface area contributed by atoms with Crippen LogP contribution in [0, 0.1) is 0 Å². The van der Waals surface area contributed by atoms with Crippen LogP contribution in [-0.4, -0.2) is 36.1 Å². The maximum atomic E-state index is 12.3. The Balaban J connectivity index is 1.66. The lowest BCUT2D eigenvalue weighted by Crippen LogP contribution is -2.50. The molecule has 1 unspecified atom stereocenters. The third kappa shape index (κ3) is 1.92. The van der Waals surface area contributed by atoms with Crippen molar-refractivity contribution in [2.45, 2.75) is 37.6 Å². The molecule has 5 rings (SSSR count). The van der Waals surface area contributed by atoms with Crippen LogP contribution < -0.4 is 15.5 Å². The lowest BCUT2D eigenvalue weighted by Gasteiger charge is -2.37. The smallest absolute Gasteiger partial charge is 0.329 e. The lowest BCUT2D eigenvalue weighted by molar-refractivity contribution is -0.120. The van der Waals surface area contributed by atoms with E-state index in [2.05, 4.69) is 33.8 Å². The first-order chi connectivity index (χ1) is 11.7. The summed E-state index contributed by atoms with van der Waals surface area (Å²) in [7, 11) is 0. The van der Waals surface area contributed by atoms with Crippen LogP contribution in [0.4, 0.5) is 10.6 Å². The van der Waals surface area contributed by atoms with Crippen molar-refractivity contribution in [1.29, 1.82) is 0 Å². The Labute approximate surface area is 139 Å². The van der Waals surface area contributed by atoms with E-state index < -0.39 is 0 Å². The Hall–Kier alpha value is -2.34. The summed E-state index contributed by atoms with van der Waals surface area (Å²) >= 11 is 0. The molecule has 0 bridgehead atoms. The number of urea groups is 1.